The van der Waals surface area contributed by atoms with Gasteiger partial charge in [-0.15, -0.1) is 0 Å². The predicted octanol–water partition coefficient (Wildman–Crippen LogP) is 4.88. The monoisotopic (exact) mass is 470 g/mol. The average molecular weight is 470 g/mol. The predicted molar refractivity (Wildman–Crippen MR) is 115 cm³/mol. The van der Waals surface area contributed by atoms with Gasteiger partial charge >= 0.3 is 6.18 Å². The minimum Gasteiger partial charge on any atom is -0.373 e. The largest absolute Gasteiger partial charge is 0.394 e. The molecule has 1 aliphatic heterocycles. The topological polar surface area (TPSA) is 78.6 Å². The van der Waals surface area contributed by atoms with Gasteiger partial charge in [0.15, 0.2) is 5.65 Å². The number of alkyl halides is 3. The van der Waals surface area contributed by atoms with Crippen molar-refractivity contribution in [3.05, 3.63) is 41.4 Å². The first-order valence-corrected chi connectivity index (χ1v) is 12.0. The SMILES string of the molecule is Cc1cnc2c(C34CC(C(F)(F)F)(C3)C4)nc([C@@H]3CCO[C@H](c4cnn(C5CC5)c4)C3)nc2n1. The molecule has 0 spiro atoms. The highest BCUT2D eigenvalue weighted by Gasteiger charge is 2.79. The van der Waals surface area contributed by atoms with Crippen molar-refractivity contribution in [3.63, 3.8) is 0 Å². The second kappa shape index (κ2) is 6.74. The molecule has 0 N–H and O–H groups in total. The number of nitrogens with zero attached hydrogens (tertiary/aromatic N) is 6. The second-order valence-corrected chi connectivity index (χ2v) is 10.8. The van der Waals surface area contributed by atoms with Crippen molar-refractivity contribution in [1.29, 1.82) is 0 Å². The lowest BCUT2D eigenvalue weighted by Gasteiger charge is -2.70. The lowest BCUT2D eigenvalue weighted by molar-refractivity contribution is -0.337. The Bertz CT molecular complexity index is 1280. The lowest BCUT2D eigenvalue weighted by Crippen LogP contribution is -2.70. The molecule has 2 atom stereocenters. The molecule has 4 heterocycles. The number of ether oxygens (including phenoxy) is 1. The molecule has 10 heteroatoms. The fourth-order valence-electron chi connectivity index (χ4n) is 6.22. The van der Waals surface area contributed by atoms with E-state index in [0.717, 1.165) is 17.7 Å². The molecule has 3 aromatic heterocycles. The van der Waals surface area contributed by atoms with Gasteiger partial charge in [-0.05, 0) is 51.9 Å². The molecule has 0 radical (unpaired) electrons. The maximum absolute atomic E-state index is 13.5. The molecular weight excluding hydrogens is 445 g/mol. The van der Waals surface area contributed by atoms with E-state index in [4.69, 9.17) is 14.7 Å². The van der Waals surface area contributed by atoms with Crippen LogP contribution in [0.1, 0.15) is 85.8 Å². The van der Waals surface area contributed by atoms with Gasteiger partial charge in [0.1, 0.15) is 11.3 Å². The number of hydrogen-bond donors (Lipinski definition) is 0. The van der Waals surface area contributed by atoms with E-state index >= 15 is 0 Å². The van der Waals surface area contributed by atoms with Crippen LogP contribution in [0.25, 0.3) is 11.2 Å². The molecule has 0 unspecified atom stereocenters. The zero-order chi connectivity index (χ0) is 23.3. The van der Waals surface area contributed by atoms with Gasteiger partial charge in [0, 0.05) is 35.9 Å². The van der Waals surface area contributed by atoms with Gasteiger partial charge in [-0.25, -0.2) is 19.9 Å². The Balaban J connectivity index is 1.22. The Morgan fingerprint density at radius 1 is 1.06 bits per heavy atom. The summed E-state index contributed by atoms with van der Waals surface area (Å²) in [6.45, 7) is 2.41. The molecular formula is C24H25F3N6O. The van der Waals surface area contributed by atoms with Crippen molar-refractivity contribution in [3.8, 4) is 0 Å². The van der Waals surface area contributed by atoms with E-state index in [1.165, 1.54) is 12.8 Å². The molecule has 4 saturated carbocycles. The molecule has 7 nitrogen and oxygen atoms in total. The van der Waals surface area contributed by atoms with E-state index in [-0.39, 0.29) is 31.3 Å². The highest BCUT2D eigenvalue weighted by atomic mass is 19.4. The molecule has 34 heavy (non-hydrogen) atoms. The van der Waals surface area contributed by atoms with Gasteiger partial charge < -0.3 is 4.74 Å². The van der Waals surface area contributed by atoms with Crippen LogP contribution >= 0.6 is 0 Å². The average Bonchev–Trinajstić information content (AvgIpc) is 3.47. The van der Waals surface area contributed by atoms with Crippen LogP contribution in [0.4, 0.5) is 13.2 Å². The van der Waals surface area contributed by atoms with Gasteiger partial charge in [-0.1, -0.05) is 0 Å². The third-order valence-corrected chi connectivity index (χ3v) is 8.24. The third kappa shape index (κ3) is 2.96. The summed E-state index contributed by atoms with van der Waals surface area (Å²) in [5.41, 5.74) is 1.34. The van der Waals surface area contributed by atoms with Crippen molar-refractivity contribution < 1.29 is 17.9 Å². The van der Waals surface area contributed by atoms with E-state index in [0.29, 0.717) is 41.8 Å². The number of aryl methyl sites for hydroxylation is 1. The first-order chi connectivity index (χ1) is 16.3. The number of rotatable bonds is 4. The van der Waals surface area contributed by atoms with Gasteiger partial charge in [-0.2, -0.15) is 18.3 Å². The first-order valence-electron chi connectivity index (χ1n) is 12.0. The van der Waals surface area contributed by atoms with Crippen LogP contribution in [0, 0.1) is 12.3 Å². The van der Waals surface area contributed by atoms with Crippen LogP contribution in [0.2, 0.25) is 0 Å². The molecule has 0 aromatic carbocycles. The quantitative estimate of drug-likeness (QED) is 0.541. The van der Waals surface area contributed by atoms with Gasteiger partial charge in [0.25, 0.3) is 0 Å². The zero-order valence-corrected chi connectivity index (χ0v) is 18.8. The molecule has 4 aliphatic carbocycles. The number of fused-ring (bicyclic) bond motifs is 1. The number of halogens is 3. The Morgan fingerprint density at radius 2 is 1.85 bits per heavy atom. The molecule has 1 saturated heterocycles. The minimum absolute atomic E-state index is 0.0393. The normalized spacial score (nSPS) is 32.9. The first kappa shape index (κ1) is 20.7. The molecule has 2 bridgehead atoms. The van der Waals surface area contributed by atoms with Crippen molar-refractivity contribution in [1.82, 2.24) is 29.7 Å². The highest BCUT2D eigenvalue weighted by molar-refractivity contribution is 5.75. The maximum atomic E-state index is 13.5. The van der Waals surface area contributed by atoms with Crippen LogP contribution in [0.15, 0.2) is 18.6 Å². The minimum atomic E-state index is -4.17. The van der Waals surface area contributed by atoms with Crippen molar-refractivity contribution in [2.75, 3.05) is 6.61 Å². The fraction of sp³-hybridized carbons (Fsp3) is 0.625. The Morgan fingerprint density at radius 3 is 2.59 bits per heavy atom. The summed E-state index contributed by atoms with van der Waals surface area (Å²) in [5.74, 6) is 0.688. The van der Waals surface area contributed by atoms with Crippen molar-refractivity contribution >= 4 is 11.2 Å². The Labute approximate surface area is 194 Å². The Kier molecular flexibility index (Phi) is 4.11. The summed E-state index contributed by atoms with van der Waals surface area (Å²) in [4.78, 5) is 18.8. The summed E-state index contributed by atoms with van der Waals surface area (Å²) in [5, 5.41) is 4.49. The summed E-state index contributed by atoms with van der Waals surface area (Å²) < 4.78 is 48.7. The molecule has 8 rings (SSSR count). The van der Waals surface area contributed by atoms with Crippen LogP contribution in [0.5, 0.6) is 0 Å². The van der Waals surface area contributed by atoms with E-state index < -0.39 is 17.0 Å². The summed E-state index contributed by atoms with van der Waals surface area (Å²) in [6.07, 6.45) is 5.39. The van der Waals surface area contributed by atoms with E-state index in [1.807, 2.05) is 17.8 Å². The second-order valence-electron chi connectivity index (χ2n) is 10.8. The van der Waals surface area contributed by atoms with E-state index in [1.54, 1.807) is 6.20 Å². The summed E-state index contributed by atoms with van der Waals surface area (Å²) in [7, 11) is 0. The fourth-order valence-corrected chi connectivity index (χ4v) is 6.22. The van der Waals surface area contributed by atoms with Crippen LogP contribution in [-0.2, 0) is 10.2 Å². The van der Waals surface area contributed by atoms with Gasteiger partial charge in [0.2, 0.25) is 0 Å². The van der Waals surface area contributed by atoms with E-state index in [9.17, 15) is 13.2 Å². The van der Waals surface area contributed by atoms with Crippen LogP contribution in [0.3, 0.4) is 0 Å². The van der Waals surface area contributed by atoms with Crippen molar-refractivity contribution in [2.24, 2.45) is 5.41 Å². The standard InChI is InChI=1S/C24H25F3N6O/c1-13-7-28-18-19(22-10-23(11-22,12-22)24(25,26)27)31-20(32-21(18)30-13)14-4-5-34-17(6-14)15-8-29-33(9-15)16-2-3-16/h7-9,14,16-17H,2-6,10-12H2,1H3/t14-,17+,22?,23?/m1/s1. The van der Waals surface area contributed by atoms with Gasteiger partial charge in [-0.3, -0.25) is 4.68 Å². The van der Waals surface area contributed by atoms with Crippen molar-refractivity contribution in [2.45, 2.75) is 81.5 Å². The molecule has 5 aliphatic rings. The van der Waals surface area contributed by atoms with Crippen LogP contribution < -0.4 is 0 Å². The summed E-state index contributed by atoms with van der Waals surface area (Å²) >= 11 is 0. The number of aromatic nitrogens is 6. The molecule has 178 valence electrons. The highest BCUT2D eigenvalue weighted by Crippen LogP contribution is 2.78. The Hall–Kier alpha value is -2.62. The van der Waals surface area contributed by atoms with E-state index in [2.05, 4.69) is 21.3 Å². The molecule has 3 aromatic rings. The van der Waals surface area contributed by atoms with Gasteiger partial charge in [0.05, 0.1) is 35.1 Å². The smallest absolute Gasteiger partial charge is 0.373 e. The number of hydrogen-bond acceptors (Lipinski definition) is 6. The lowest BCUT2D eigenvalue weighted by atomic mass is 9.34. The maximum Gasteiger partial charge on any atom is 0.394 e. The zero-order valence-electron chi connectivity index (χ0n) is 18.8. The third-order valence-electron chi connectivity index (χ3n) is 8.24. The van der Waals surface area contributed by atoms with Crippen LogP contribution in [-0.4, -0.2) is 42.5 Å². The summed E-state index contributed by atoms with van der Waals surface area (Å²) in [6, 6.07) is 0.509. The molecule has 5 fully saturated rings. The molecule has 0 amide bonds.